The van der Waals surface area contributed by atoms with Gasteiger partial charge in [0.2, 0.25) is 0 Å². The van der Waals surface area contributed by atoms with Crippen LogP contribution in [0.3, 0.4) is 0 Å². The van der Waals surface area contributed by atoms with Crippen LogP contribution in [0.15, 0.2) is 30.3 Å². The van der Waals surface area contributed by atoms with Crippen LogP contribution in [0.1, 0.15) is 63.9 Å². The molecule has 1 aromatic carbocycles. The minimum absolute atomic E-state index is 0.177. The van der Waals surface area contributed by atoms with E-state index in [1.54, 1.807) is 12.1 Å². The van der Waals surface area contributed by atoms with Gasteiger partial charge in [0.25, 0.3) is 0 Å². The Morgan fingerprint density at radius 2 is 1.58 bits per heavy atom. The summed E-state index contributed by atoms with van der Waals surface area (Å²) in [6.45, 7) is 2.26. The average molecular weight is 340 g/mol. The van der Waals surface area contributed by atoms with Crippen molar-refractivity contribution in [3.8, 4) is 5.75 Å². The van der Waals surface area contributed by atoms with E-state index in [9.17, 15) is 13.2 Å². The zero-order valence-corrected chi connectivity index (χ0v) is 14.3. The molecule has 4 heteroatoms. The molecule has 0 saturated heterocycles. The van der Waals surface area contributed by atoms with Crippen molar-refractivity contribution in [3.63, 3.8) is 0 Å². The molecule has 0 unspecified atom stereocenters. The van der Waals surface area contributed by atoms with Crippen LogP contribution in [0, 0.1) is 11.8 Å². The number of hydrogen-bond donors (Lipinski definition) is 0. The highest BCUT2D eigenvalue weighted by atomic mass is 19.4. The fourth-order valence-corrected chi connectivity index (χ4v) is 3.55. The third-order valence-electron chi connectivity index (χ3n) is 4.83. The van der Waals surface area contributed by atoms with Crippen molar-refractivity contribution in [1.29, 1.82) is 0 Å². The number of rotatable bonds is 7. The molecule has 1 aliphatic carbocycles. The Balaban J connectivity index is 1.69. The Kier molecular flexibility index (Phi) is 7.19. The first-order valence-corrected chi connectivity index (χ1v) is 8.98. The Morgan fingerprint density at radius 3 is 2.12 bits per heavy atom. The zero-order valence-electron chi connectivity index (χ0n) is 14.3. The molecule has 1 aromatic rings. The van der Waals surface area contributed by atoms with Crippen molar-refractivity contribution >= 4 is 6.08 Å². The topological polar surface area (TPSA) is 9.23 Å². The van der Waals surface area contributed by atoms with Crippen LogP contribution >= 0.6 is 0 Å². The SMILES string of the molecule is CCCC1CCC(CCC=Cc2ccc(OC(F)(F)F)cc2)CC1. The van der Waals surface area contributed by atoms with Crippen LogP contribution in [-0.2, 0) is 0 Å². The highest BCUT2D eigenvalue weighted by Gasteiger charge is 2.30. The summed E-state index contributed by atoms with van der Waals surface area (Å²) in [4.78, 5) is 0. The lowest BCUT2D eigenvalue weighted by Gasteiger charge is -2.28. The summed E-state index contributed by atoms with van der Waals surface area (Å²) >= 11 is 0. The maximum absolute atomic E-state index is 12.1. The molecule has 0 spiro atoms. The van der Waals surface area contributed by atoms with Gasteiger partial charge < -0.3 is 4.74 Å². The Morgan fingerprint density at radius 1 is 1.00 bits per heavy atom. The van der Waals surface area contributed by atoms with Gasteiger partial charge in [-0.2, -0.15) is 0 Å². The molecule has 0 aliphatic heterocycles. The van der Waals surface area contributed by atoms with Crippen LogP contribution < -0.4 is 4.74 Å². The quantitative estimate of drug-likeness (QED) is 0.520. The number of alkyl halides is 3. The minimum atomic E-state index is -4.63. The van der Waals surface area contributed by atoms with Crippen molar-refractivity contribution in [2.24, 2.45) is 11.8 Å². The molecule has 0 bridgehead atoms. The van der Waals surface area contributed by atoms with E-state index >= 15 is 0 Å². The van der Waals surface area contributed by atoms with Crippen LogP contribution in [-0.4, -0.2) is 6.36 Å². The molecule has 0 atom stereocenters. The van der Waals surface area contributed by atoms with Gasteiger partial charge in [0.05, 0.1) is 0 Å². The number of hydrogen-bond acceptors (Lipinski definition) is 1. The molecule has 0 amide bonds. The highest BCUT2D eigenvalue weighted by Crippen LogP contribution is 2.33. The van der Waals surface area contributed by atoms with Crippen LogP contribution in [0.2, 0.25) is 0 Å². The third-order valence-corrected chi connectivity index (χ3v) is 4.83. The summed E-state index contributed by atoms with van der Waals surface area (Å²) in [5.41, 5.74) is 0.899. The van der Waals surface area contributed by atoms with Crippen molar-refractivity contribution < 1.29 is 17.9 Å². The molecule has 0 N–H and O–H groups in total. The van der Waals surface area contributed by atoms with E-state index in [2.05, 4.69) is 17.7 Å². The van der Waals surface area contributed by atoms with Gasteiger partial charge in [-0.1, -0.05) is 69.7 Å². The van der Waals surface area contributed by atoms with Gasteiger partial charge in [0.1, 0.15) is 5.75 Å². The molecule has 0 radical (unpaired) electrons. The van der Waals surface area contributed by atoms with E-state index < -0.39 is 6.36 Å². The molecule has 1 saturated carbocycles. The van der Waals surface area contributed by atoms with Gasteiger partial charge in [-0.15, -0.1) is 13.2 Å². The molecule has 1 fully saturated rings. The third kappa shape index (κ3) is 6.98. The van der Waals surface area contributed by atoms with Gasteiger partial charge in [-0.3, -0.25) is 0 Å². The number of halogens is 3. The van der Waals surface area contributed by atoms with E-state index in [1.165, 1.54) is 57.1 Å². The predicted octanol–water partition coefficient (Wildman–Crippen LogP) is 6.99. The summed E-state index contributed by atoms with van der Waals surface area (Å²) in [6, 6.07) is 5.99. The average Bonchev–Trinajstić information content (AvgIpc) is 2.53. The van der Waals surface area contributed by atoms with E-state index in [1.807, 2.05) is 6.08 Å². The standard InChI is InChI=1S/C20H27F3O/c1-2-5-16-8-10-17(11-9-16)6-3-4-7-18-12-14-19(15-13-18)24-20(21,22)23/h4,7,12-17H,2-3,5-6,8-11H2,1H3. The smallest absolute Gasteiger partial charge is 0.406 e. The van der Waals surface area contributed by atoms with E-state index in [0.29, 0.717) is 0 Å². The van der Waals surface area contributed by atoms with Crippen molar-refractivity contribution in [2.45, 2.75) is 64.7 Å². The first-order valence-electron chi connectivity index (χ1n) is 8.98. The molecular weight excluding hydrogens is 313 g/mol. The first-order chi connectivity index (χ1) is 11.5. The molecule has 2 rings (SSSR count). The van der Waals surface area contributed by atoms with Gasteiger partial charge in [-0.05, 0) is 42.4 Å². The fraction of sp³-hybridized carbons (Fsp3) is 0.600. The maximum atomic E-state index is 12.1. The summed E-state index contributed by atoms with van der Waals surface area (Å²) in [6.07, 6.45) is 9.83. The summed E-state index contributed by atoms with van der Waals surface area (Å²) in [5.74, 6) is 1.60. The number of benzene rings is 1. The summed E-state index contributed by atoms with van der Waals surface area (Å²) < 4.78 is 40.2. The second kappa shape index (κ2) is 9.14. The largest absolute Gasteiger partial charge is 0.573 e. The summed E-state index contributed by atoms with van der Waals surface area (Å²) in [7, 11) is 0. The predicted molar refractivity (Wildman–Crippen MR) is 91.7 cm³/mol. The molecule has 0 aromatic heterocycles. The Hall–Kier alpha value is -1.45. The molecular formula is C20H27F3O. The van der Waals surface area contributed by atoms with Gasteiger partial charge >= 0.3 is 6.36 Å². The zero-order chi connectivity index (χ0) is 17.4. The van der Waals surface area contributed by atoms with Crippen LogP contribution in [0.5, 0.6) is 5.75 Å². The van der Waals surface area contributed by atoms with Crippen molar-refractivity contribution in [3.05, 3.63) is 35.9 Å². The second-order valence-electron chi connectivity index (χ2n) is 6.77. The lowest BCUT2D eigenvalue weighted by molar-refractivity contribution is -0.274. The highest BCUT2D eigenvalue weighted by molar-refractivity contribution is 5.50. The molecule has 134 valence electrons. The molecule has 24 heavy (non-hydrogen) atoms. The van der Waals surface area contributed by atoms with E-state index in [0.717, 1.165) is 23.8 Å². The van der Waals surface area contributed by atoms with E-state index in [4.69, 9.17) is 0 Å². The van der Waals surface area contributed by atoms with Crippen LogP contribution in [0.25, 0.3) is 6.08 Å². The summed E-state index contributed by atoms with van der Waals surface area (Å²) in [5, 5.41) is 0. The lowest BCUT2D eigenvalue weighted by Crippen LogP contribution is -2.16. The molecule has 1 nitrogen and oxygen atoms in total. The van der Waals surface area contributed by atoms with Gasteiger partial charge in [0, 0.05) is 0 Å². The second-order valence-corrected chi connectivity index (χ2v) is 6.77. The Labute approximate surface area is 142 Å². The molecule has 0 heterocycles. The number of allylic oxidation sites excluding steroid dienone is 1. The maximum Gasteiger partial charge on any atom is 0.573 e. The Bertz CT molecular complexity index is 497. The van der Waals surface area contributed by atoms with Gasteiger partial charge in [-0.25, -0.2) is 0 Å². The van der Waals surface area contributed by atoms with E-state index in [-0.39, 0.29) is 5.75 Å². The van der Waals surface area contributed by atoms with Crippen molar-refractivity contribution in [2.75, 3.05) is 0 Å². The van der Waals surface area contributed by atoms with Crippen molar-refractivity contribution in [1.82, 2.24) is 0 Å². The van der Waals surface area contributed by atoms with Gasteiger partial charge in [0.15, 0.2) is 0 Å². The van der Waals surface area contributed by atoms with Crippen LogP contribution in [0.4, 0.5) is 13.2 Å². The minimum Gasteiger partial charge on any atom is -0.406 e. The lowest BCUT2D eigenvalue weighted by atomic mass is 9.78. The first kappa shape index (κ1) is 18.9. The number of ether oxygens (including phenoxy) is 1. The normalized spacial score (nSPS) is 22.0. The molecule has 1 aliphatic rings. The fourth-order valence-electron chi connectivity index (χ4n) is 3.55. The monoisotopic (exact) mass is 340 g/mol.